The number of rotatable bonds is 5. The number of benzene rings is 1. The molecule has 0 heterocycles. The van der Waals surface area contributed by atoms with E-state index in [2.05, 4.69) is 4.90 Å². The van der Waals surface area contributed by atoms with Gasteiger partial charge in [-0.05, 0) is 25.7 Å². The van der Waals surface area contributed by atoms with Gasteiger partial charge in [0.1, 0.15) is 0 Å². The molecule has 0 fully saturated rings. The lowest BCUT2D eigenvalue weighted by atomic mass is 10.2. The van der Waals surface area contributed by atoms with E-state index in [1.807, 2.05) is 50.5 Å². The second-order valence-electron chi connectivity index (χ2n) is 3.39. The van der Waals surface area contributed by atoms with Gasteiger partial charge in [-0.1, -0.05) is 30.3 Å². The normalized spacial score (nSPS) is 11.1. The van der Waals surface area contributed by atoms with Crippen molar-refractivity contribution in [1.82, 2.24) is 4.90 Å². The van der Waals surface area contributed by atoms with E-state index in [-0.39, 0.29) is 0 Å². The van der Waals surface area contributed by atoms with Gasteiger partial charge in [-0.25, -0.2) is 0 Å². The predicted octanol–water partition coefficient (Wildman–Crippen LogP) is 2.24. The molecule has 0 atom stereocenters. The van der Waals surface area contributed by atoms with Crippen LogP contribution < -0.4 is 0 Å². The smallest absolute Gasteiger partial charge is 0.0999 e. The first-order valence-corrected chi connectivity index (χ1v) is 4.77. The molecule has 2 heteroatoms. The Labute approximate surface area is 85.8 Å². The van der Waals surface area contributed by atoms with Gasteiger partial charge in [-0.2, -0.15) is 0 Å². The Balaban J connectivity index is 2.21. The van der Waals surface area contributed by atoms with Crippen molar-refractivity contribution < 1.29 is 4.74 Å². The molecule has 0 aliphatic rings. The average molecular weight is 191 g/mol. The number of hydrogen-bond donors (Lipinski definition) is 0. The van der Waals surface area contributed by atoms with Crippen molar-refractivity contribution in [3.8, 4) is 0 Å². The molecule has 1 aromatic carbocycles. The third-order valence-corrected chi connectivity index (χ3v) is 1.81. The zero-order valence-electron chi connectivity index (χ0n) is 8.81. The molecule has 0 amide bonds. The topological polar surface area (TPSA) is 12.5 Å². The lowest BCUT2D eigenvalue weighted by Gasteiger charge is -2.07. The van der Waals surface area contributed by atoms with Crippen LogP contribution in [0.4, 0.5) is 0 Å². The van der Waals surface area contributed by atoms with Crippen LogP contribution in [-0.2, 0) is 4.74 Å². The monoisotopic (exact) mass is 191 g/mol. The summed E-state index contributed by atoms with van der Waals surface area (Å²) in [6.45, 7) is 1.68. The SMILES string of the molecule is CN(C)CCO/C=C/c1ccccc1. The molecule has 0 unspecified atom stereocenters. The highest BCUT2D eigenvalue weighted by molar-refractivity contribution is 5.47. The minimum atomic E-state index is 0.732. The largest absolute Gasteiger partial charge is 0.500 e. The molecule has 2 nitrogen and oxygen atoms in total. The second-order valence-corrected chi connectivity index (χ2v) is 3.39. The molecule has 1 rings (SSSR count). The average Bonchev–Trinajstić information content (AvgIpc) is 2.18. The molecule has 0 aliphatic heterocycles. The van der Waals surface area contributed by atoms with E-state index < -0.39 is 0 Å². The van der Waals surface area contributed by atoms with E-state index in [4.69, 9.17) is 4.74 Å². The van der Waals surface area contributed by atoms with E-state index in [0.717, 1.165) is 18.7 Å². The summed E-state index contributed by atoms with van der Waals surface area (Å²) in [6, 6.07) is 10.1. The summed E-state index contributed by atoms with van der Waals surface area (Å²) < 4.78 is 5.33. The van der Waals surface area contributed by atoms with Crippen molar-refractivity contribution in [3.63, 3.8) is 0 Å². The molecule has 0 N–H and O–H groups in total. The van der Waals surface area contributed by atoms with Crippen molar-refractivity contribution in [3.05, 3.63) is 42.2 Å². The van der Waals surface area contributed by atoms with Gasteiger partial charge >= 0.3 is 0 Å². The maximum atomic E-state index is 5.33. The molecular weight excluding hydrogens is 174 g/mol. The molecule has 0 aromatic heterocycles. The predicted molar refractivity (Wildman–Crippen MR) is 60.0 cm³/mol. The molecule has 1 aromatic rings. The van der Waals surface area contributed by atoms with Gasteiger partial charge in [-0.15, -0.1) is 0 Å². The maximum Gasteiger partial charge on any atom is 0.0999 e. The van der Waals surface area contributed by atoms with Crippen molar-refractivity contribution in [1.29, 1.82) is 0 Å². The van der Waals surface area contributed by atoms with E-state index in [1.54, 1.807) is 6.26 Å². The van der Waals surface area contributed by atoms with Crippen molar-refractivity contribution >= 4 is 6.08 Å². The summed E-state index contributed by atoms with van der Waals surface area (Å²) in [7, 11) is 4.06. The Morgan fingerprint density at radius 3 is 2.57 bits per heavy atom. The summed E-state index contributed by atoms with van der Waals surface area (Å²) in [5.74, 6) is 0. The molecule has 0 spiro atoms. The first-order valence-electron chi connectivity index (χ1n) is 4.77. The van der Waals surface area contributed by atoms with Crippen LogP contribution in [-0.4, -0.2) is 32.1 Å². The molecule has 76 valence electrons. The maximum absolute atomic E-state index is 5.33. The zero-order chi connectivity index (χ0) is 10.2. The fourth-order valence-corrected chi connectivity index (χ4v) is 0.994. The van der Waals surface area contributed by atoms with E-state index >= 15 is 0 Å². The highest BCUT2D eigenvalue weighted by Gasteiger charge is 1.87. The summed E-state index contributed by atoms with van der Waals surface area (Å²) >= 11 is 0. The van der Waals surface area contributed by atoms with Gasteiger partial charge in [0.15, 0.2) is 0 Å². The van der Waals surface area contributed by atoms with Gasteiger partial charge in [0, 0.05) is 6.54 Å². The lowest BCUT2D eigenvalue weighted by molar-refractivity contribution is 0.214. The standard InChI is InChI=1S/C12H17NO/c1-13(2)9-11-14-10-8-12-6-4-3-5-7-12/h3-8,10H,9,11H2,1-2H3/b10-8+. The Bertz CT molecular complexity index is 267. The van der Waals surface area contributed by atoms with Crippen LogP contribution >= 0.6 is 0 Å². The molecular formula is C12H17NO. The van der Waals surface area contributed by atoms with Gasteiger partial charge in [0.05, 0.1) is 12.9 Å². The summed E-state index contributed by atoms with van der Waals surface area (Å²) in [6.07, 6.45) is 3.72. The zero-order valence-corrected chi connectivity index (χ0v) is 8.81. The highest BCUT2D eigenvalue weighted by Crippen LogP contribution is 2.00. The molecule has 0 aliphatic carbocycles. The van der Waals surface area contributed by atoms with Gasteiger partial charge in [0.25, 0.3) is 0 Å². The first-order chi connectivity index (χ1) is 6.79. The summed E-state index contributed by atoms with van der Waals surface area (Å²) in [4.78, 5) is 2.09. The Kier molecular flexibility index (Phi) is 4.79. The van der Waals surface area contributed by atoms with E-state index in [0.29, 0.717) is 0 Å². The minimum absolute atomic E-state index is 0.732. The van der Waals surface area contributed by atoms with Gasteiger partial charge in [-0.3, -0.25) is 0 Å². The van der Waals surface area contributed by atoms with Crippen LogP contribution in [0.2, 0.25) is 0 Å². The van der Waals surface area contributed by atoms with E-state index in [1.165, 1.54) is 0 Å². The van der Waals surface area contributed by atoms with Crippen LogP contribution in [0.1, 0.15) is 5.56 Å². The fraction of sp³-hybridized carbons (Fsp3) is 0.333. The molecule has 14 heavy (non-hydrogen) atoms. The molecule has 0 saturated heterocycles. The van der Waals surface area contributed by atoms with Crippen molar-refractivity contribution in [2.24, 2.45) is 0 Å². The quantitative estimate of drug-likeness (QED) is 0.523. The lowest BCUT2D eigenvalue weighted by Crippen LogP contribution is -2.16. The van der Waals surface area contributed by atoms with Crippen LogP contribution in [0.15, 0.2) is 36.6 Å². The first kappa shape index (κ1) is 10.8. The Morgan fingerprint density at radius 2 is 1.93 bits per heavy atom. The van der Waals surface area contributed by atoms with Crippen molar-refractivity contribution in [2.45, 2.75) is 0 Å². The third kappa shape index (κ3) is 4.67. The summed E-state index contributed by atoms with van der Waals surface area (Å²) in [5, 5.41) is 0. The Hall–Kier alpha value is -1.28. The molecule has 0 saturated carbocycles. The highest BCUT2D eigenvalue weighted by atomic mass is 16.5. The number of likely N-dealkylation sites (N-methyl/N-ethyl adjacent to an activating group) is 1. The fourth-order valence-electron chi connectivity index (χ4n) is 0.994. The second kappa shape index (κ2) is 6.22. The Morgan fingerprint density at radius 1 is 1.21 bits per heavy atom. The number of ether oxygens (including phenoxy) is 1. The van der Waals surface area contributed by atoms with Crippen molar-refractivity contribution in [2.75, 3.05) is 27.2 Å². The minimum Gasteiger partial charge on any atom is -0.500 e. The van der Waals surface area contributed by atoms with E-state index in [9.17, 15) is 0 Å². The number of nitrogens with zero attached hydrogens (tertiary/aromatic N) is 1. The van der Waals surface area contributed by atoms with Crippen LogP contribution in [0.25, 0.3) is 6.08 Å². The van der Waals surface area contributed by atoms with Gasteiger partial charge < -0.3 is 9.64 Å². The van der Waals surface area contributed by atoms with Crippen LogP contribution in [0, 0.1) is 0 Å². The van der Waals surface area contributed by atoms with Gasteiger partial charge in [0.2, 0.25) is 0 Å². The molecule has 0 radical (unpaired) electrons. The molecule has 0 bridgehead atoms. The third-order valence-electron chi connectivity index (χ3n) is 1.81. The van der Waals surface area contributed by atoms with Crippen LogP contribution in [0.3, 0.4) is 0 Å². The van der Waals surface area contributed by atoms with Crippen LogP contribution in [0.5, 0.6) is 0 Å². The number of hydrogen-bond acceptors (Lipinski definition) is 2. The summed E-state index contributed by atoms with van der Waals surface area (Å²) in [5.41, 5.74) is 1.16.